The van der Waals surface area contributed by atoms with E-state index in [1.807, 2.05) is 52.1 Å². The number of aromatic nitrogens is 3. The summed E-state index contributed by atoms with van der Waals surface area (Å²) in [5.41, 5.74) is 2.82. The molecular weight excluding hydrogens is 613 g/mol. The Labute approximate surface area is 275 Å². The molecule has 11 nitrogen and oxygen atoms in total. The minimum absolute atomic E-state index is 0.0442. The molecule has 3 aliphatic rings. The maximum atomic E-state index is 16.2. The van der Waals surface area contributed by atoms with Crippen molar-refractivity contribution < 1.29 is 18.7 Å². The highest BCUT2D eigenvalue weighted by Crippen LogP contribution is 2.47. The van der Waals surface area contributed by atoms with Crippen LogP contribution in [0, 0.1) is 5.82 Å². The van der Waals surface area contributed by atoms with E-state index < -0.39 is 17.2 Å². The second-order valence-electron chi connectivity index (χ2n) is 12.5. The number of imidazole rings is 1. The number of para-hydroxylation sites is 3. The highest BCUT2D eigenvalue weighted by Gasteiger charge is 2.34. The molecule has 0 saturated carbocycles. The van der Waals surface area contributed by atoms with Gasteiger partial charge in [0.1, 0.15) is 16.8 Å². The van der Waals surface area contributed by atoms with Gasteiger partial charge < -0.3 is 34.7 Å². The normalized spacial score (nSPS) is 17.4. The van der Waals surface area contributed by atoms with Gasteiger partial charge in [-0.25, -0.2) is 9.37 Å². The van der Waals surface area contributed by atoms with E-state index >= 15 is 4.39 Å². The highest BCUT2D eigenvalue weighted by atomic mass is 19.1. The van der Waals surface area contributed by atoms with Crippen LogP contribution in [0.3, 0.4) is 0 Å². The monoisotopic (exact) mass is 647 g/mol. The van der Waals surface area contributed by atoms with E-state index in [1.165, 1.54) is 12.3 Å². The minimum Gasteiger partial charge on any atom is -0.451 e. The zero-order chi connectivity index (χ0) is 32.8. The van der Waals surface area contributed by atoms with E-state index in [-0.39, 0.29) is 40.3 Å². The van der Waals surface area contributed by atoms with Gasteiger partial charge in [0.15, 0.2) is 17.3 Å². The first-order valence-corrected chi connectivity index (χ1v) is 16.2. The van der Waals surface area contributed by atoms with Crippen LogP contribution in [0.25, 0.3) is 16.6 Å². The van der Waals surface area contributed by atoms with Crippen molar-refractivity contribution in [3.63, 3.8) is 0 Å². The predicted octanol–water partition coefficient (Wildman–Crippen LogP) is 4.55. The van der Waals surface area contributed by atoms with Crippen LogP contribution in [0.4, 0.5) is 15.8 Å². The number of anilines is 2. The Balaban J connectivity index is 1.05. The molecule has 3 aromatic carbocycles. The van der Waals surface area contributed by atoms with Crippen LogP contribution in [0.15, 0.2) is 84.3 Å². The summed E-state index contributed by atoms with van der Waals surface area (Å²) >= 11 is 0. The van der Waals surface area contributed by atoms with E-state index in [0.29, 0.717) is 68.9 Å². The van der Waals surface area contributed by atoms with Gasteiger partial charge >= 0.3 is 0 Å². The van der Waals surface area contributed by atoms with Gasteiger partial charge in [-0.15, -0.1) is 0 Å². The van der Waals surface area contributed by atoms with Crippen molar-refractivity contribution in [2.75, 3.05) is 36.4 Å². The zero-order valence-electron chi connectivity index (χ0n) is 26.1. The van der Waals surface area contributed by atoms with Crippen LogP contribution in [0.2, 0.25) is 0 Å². The number of carbonyl (C=O) groups excluding carboxylic acids is 2. The zero-order valence-corrected chi connectivity index (χ0v) is 26.1. The number of hydrogen-bond acceptors (Lipinski definition) is 7. The molecule has 2 atom stereocenters. The Morgan fingerprint density at radius 2 is 1.98 bits per heavy atom. The molecular formula is C36H34FN7O4. The molecule has 5 heterocycles. The molecule has 1 fully saturated rings. The van der Waals surface area contributed by atoms with Gasteiger partial charge in [0.25, 0.3) is 5.91 Å². The Bertz CT molecular complexity index is 2110. The molecule has 48 heavy (non-hydrogen) atoms. The molecule has 0 bridgehead atoms. The SMILES string of the molecule is O=C(CC1CNc2ccccc21)NC1CCN(c2c(F)cc3c(=O)c(C(=O)NCCCn4ccnc4)cn4c3c2Oc2ccccc2-4)C1. The molecule has 0 radical (unpaired) electrons. The molecule has 8 rings (SSSR count). The Morgan fingerprint density at radius 3 is 2.85 bits per heavy atom. The van der Waals surface area contributed by atoms with Crippen LogP contribution in [-0.4, -0.2) is 58.2 Å². The number of benzene rings is 3. The number of halogens is 1. The van der Waals surface area contributed by atoms with Crippen LogP contribution in [0.5, 0.6) is 11.5 Å². The summed E-state index contributed by atoms with van der Waals surface area (Å²) in [6, 6.07) is 16.3. The fourth-order valence-electron chi connectivity index (χ4n) is 7.12. The van der Waals surface area contributed by atoms with Gasteiger partial charge in [0.2, 0.25) is 11.3 Å². The lowest BCUT2D eigenvalue weighted by Gasteiger charge is -2.29. The first-order chi connectivity index (χ1) is 23.4. The number of pyridine rings is 1. The lowest BCUT2D eigenvalue weighted by atomic mass is 9.97. The number of rotatable bonds is 9. The lowest BCUT2D eigenvalue weighted by Crippen LogP contribution is -2.38. The van der Waals surface area contributed by atoms with Crippen molar-refractivity contribution >= 4 is 34.1 Å². The second-order valence-corrected chi connectivity index (χ2v) is 12.5. The molecule has 1 saturated heterocycles. The largest absolute Gasteiger partial charge is 0.451 e. The lowest BCUT2D eigenvalue weighted by molar-refractivity contribution is -0.122. The Kier molecular flexibility index (Phi) is 7.54. The van der Waals surface area contributed by atoms with Gasteiger partial charge in [-0.1, -0.05) is 30.3 Å². The van der Waals surface area contributed by atoms with Crippen molar-refractivity contribution in [3.8, 4) is 17.2 Å². The Hall–Kier alpha value is -5.65. The van der Waals surface area contributed by atoms with E-state index in [0.717, 1.165) is 11.3 Å². The molecule has 2 unspecified atom stereocenters. The molecule has 0 aliphatic carbocycles. The first kappa shape index (κ1) is 29.7. The third-order valence-electron chi connectivity index (χ3n) is 9.43. The topological polar surface area (TPSA) is 123 Å². The van der Waals surface area contributed by atoms with Crippen molar-refractivity contribution in [2.45, 2.75) is 37.8 Å². The number of hydrogen-bond donors (Lipinski definition) is 3. The molecule has 5 aromatic rings. The third-order valence-corrected chi connectivity index (χ3v) is 9.43. The van der Waals surface area contributed by atoms with E-state index in [9.17, 15) is 14.4 Å². The highest BCUT2D eigenvalue weighted by molar-refractivity contribution is 6.01. The fourth-order valence-corrected chi connectivity index (χ4v) is 7.12. The Morgan fingerprint density at radius 1 is 1.12 bits per heavy atom. The number of nitrogens with one attached hydrogen (secondary N) is 3. The number of aryl methyl sites for hydroxylation is 1. The number of amides is 2. The van der Waals surface area contributed by atoms with E-state index in [4.69, 9.17) is 4.74 Å². The molecule has 3 N–H and O–H groups in total. The fraction of sp³-hybridized carbons (Fsp3) is 0.278. The average molecular weight is 648 g/mol. The van der Waals surface area contributed by atoms with Crippen molar-refractivity contribution in [1.82, 2.24) is 24.8 Å². The summed E-state index contributed by atoms with van der Waals surface area (Å²) in [6.07, 6.45) is 8.39. The van der Waals surface area contributed by atoms with Gasteiger partial charge in [-0.3, -0.25) is 14.4 Å². The van der Waals surface area contributed by atoms with Crippen molar-refractivity contribution in [2.24, 2.45) is 0 Å². The summed E-state index contributed by atoms with van der Waals surface area (Å²) in [7, 11) is 0. The van der Waals surface area contributed by atoms with Crippen molar-refractivity contribution in [3.05, 3.63) is 107 Å². The summed E-state index contributed by atoms with van der Waals surface area (Å²) in [6.45, 7) is 2.60. The summed E-state index contributed by atoms with van der Waals surface area (Å²) in [4.78, 5) is 46.0. The second kappa shape index (κ2) is 12.2. The molecule has 244 valence electrons. The van der Waals surface area contributed by atoms with E-state index in [1.54, 1.807) is 23.2 Å². The molecule has 2 aromatic heterocycles. The minimum atomic E-state index is -0.626. The summed E-state index contributed by atoms with van der Waals surface area (Å²) in [5.74, 6) is -0.408. The van der Waals surface area contributed by atoms with Crippen LogP contribution < -0.4 is 31.0 Å². The third kappa shape index (κ3) is 5.32. The molecule has 12 heteroatoms. The number of fused-ring (bicyclic) bond motifs is 3. The first-order valence-electron chi connectivity index (χ1n) is 16.2. The van der Waals surface area contributed by atoms with Gasteiger partial charge in [-0.2, -0.15) is 0 Å². The number of nitrogens with zero attached hydrogens (tertiary/aromatic N) is 4. The maximum Gasteiger partial charge on any atom is 0.256 e. The molecule has 0 spiro atoms. The standard InChI is InChI=1S/C36H34FN7O4/c37-27-17-25-32-35(33(27)43-14-10-23(19-43)41-31(45)16-22-18-40-28-7-2-1-6-24(22)28)48-30-9-4-3-8-29(30)44(32)20-26(34(25)46)36(47)39-11-5-13-42-15-12-38-21-42/h1-4,6-9,12,15,17,20-23,40H,5,10-11,13-14,16,18-19H2,(H,39,47)(H,41,45). The average Bonchev–Trinajstić information content (AvgIpc) is 3.87. The quantitative estimate of drug-likeness (QED) is 0.197. The molecule has 3 aliphatic heterocycles. The van der Waals surface area contributed by atoms with Crippen LogP contribution in [-0.2, 0) is 11.3 Å². The smallest absolute Gasteiger partial charge is 0.256 e. The van der Waals surface area contributed by atoms with Gasteiger partial charge in [0, 0.05) is 75.4 Å². The van der Waals surface area contributed by atoms with E-state index in [2.05, 4.69) is 27.0 Å². The van der Waals surface area contributed by atoms with Gasteiger partial charge in [-0.05, 0) is 42.7 Å². The summed E-state index contributed by atoms with van der Waals surface area (Å²) in [5, 5.41) is 9.41. The number of carbonyl (C=O) groups is 2. The number of ether oxygens (including phenoxy) is 1. The van der Waals surface area contributed by atoms with Gasteiger partial charge in [0.05, 0.1) is 17.4 Å². The van der Waals surface area contributed by atoms with Crippen molar-refractivity contribution in [1.29, 1.82) is 0 Å². The molecule has 2 amide bonds. The maximum absolute atomic E-state index is 16.2. The van der Waals surface area contributed by atoms with Crippen LogP contribution >= 0.6 is 0 Å². The summed E-state index contributed by atoms with van der Waals surface area (Å²) < 4.78 is 26.2. The van der Waals surface area contributed by atoms with Crippen LogP contribution in [0.1, 0.15) is 41.1 Å². The predicted molar refractivity (Wildman–Crippen MR) is 180 cm³/mol.